The van der Waals surface area contributed by atoms with Gasteiger partial charge in [-0.1, -0.05) is 57.5 Å². The minimum atomic E-state index is -1.31. The van der Waals surface area contributed by atoms with Gasteiger partial charge in [-0.05, 0) is 30.7 Å². The van der Waals surface area contributed by atoms with Gasteiger partial charge >= 0.3 is 0 Å². The van der Waals surface area contributed by atoms with Gasteiger partial charge < -0.3 is 0 Å². The van der Waals surface area contributed by atoms with Crippen LogP contribution in [-0.4, -0.2) is 13.2 Å². The number of pyridine rings is 1. The third-order valence-corrected chi connectivity index (χ3v) is 4.74. The SMILES string of the molecule is CC.CC.Cc1cnc2c(ccn2S(=O)c2ccccc2)c1Cl. The van der Waals surface area contributed by atoms with Crippen LogP contribution in [0.3, 0.4) is 0 Å². The van der Waals surface area contributed by atoms with E-state index in [-0.39, 0.29) is 0 Å². The van der Waals surface area contributed by atoms with Crippen molar-refractivity contribution in [1.82, 2.24) is 8.96 Å². The van der Waals surface area contributed by atoms with Crippen LogP contribution in [0.15, 0.2) is 53.7 Å². The van der Waals surface area contributed by atoms with E-state index >= 15 is 0 Å². The molecule has 3 aromatic rings. The average Bonchev–Trinajstić information content (AvgIpc) is 3.06. The first-order valence-corrected chi connectivity index (χ1v) is 9.26. The number of benzene rings is 1. The van der Waals surface area contributed by atoms with Crippen molar-refractivity contribution in [2.45, 2.75) is 39.5 Å². The normalized spacial score (nSPS) is 11.0. The summed E-state index contributed by atoms with van der Waals surface area (Å²) in [6.07, 6.45) is 3.45. The predicted octanol–water partition coefficient (Wildman–Crippen LogP) is 5.62. The Labute approximate surface area is 145 Å². The minimum absolute atomic E-state index is 0.637. The average molecular weight is 351 g/mol. The first kappa shape index (κ1) is 19.4. The Morgan fingerprint density at radius 2 is 1.65 bits per heavy atom. The predicted molar refractivity (Wildman–Crippen MR) is 100 cm³/mol. The number of nitrogens with zero attached hydrogens (tertiary/aromatic N) is 2. The van der Waals surface area contributed by atoms with Crippen LogP contribution >= 0.6 is 11.6 Å². The Kier molecular flexibility index (Phi) is 8.00. The zero-order chi connectivity index (χ0) is 17.4. The summed E-state index contributed by atoms with van der Waals surface area (Å²) in [6, 6.07) is 11.1. The molecule has 0 saturated heterocycles. The van der Waals surface area contributed by atoms with E-state index in [0.29, 0.717) is 10.7 Å². The maximum Gasteiger partial charge on any atom is 0.158 e. The molecule has 0 N–H and O–H groups in total. The summed E-state index contributed by atoms with van der Waals surface area (Å²) in [5, 5.41) is 1.49. The van der Waals surface area contributed by atoms with Gasteiger partial charge in [0.15, 0.2) is 16.6 Å². The van der Waals surface area contributed by atoms with Crippen LogP contribution in [0, 0.1) is 6.92 Å². The summed E-state index contributed by atoms with van der Waals surface area (Å²) in [7, 11) is -1.31. The van der Waals surface area contributed by atoms with Crippen LogP contribution in [0.4, 0.5) is 0 Å². The standard InChI is InChI=1S/C14H11ClN2OS.2C2H6/c1-10-9-16-14-12(13(10)15)7-8-17(14)19(18)11-5-3-2-4-6-11;2*1-2/h2-9H,1H3;2*1-2H3. The topological polar surface area (TPSA) is 34.9 Å². The van der Waals surface area contributed by atoms with Gasteiger partial charge in [0.1, 0.15) is 0 Å². The second-order valence-electron chi connectivity index (χ2n) is 4.20. The van der Waals surface area contributed by atoms with Crippen LogP contribution in [0.2, 0.25) is 5.02 Å². The van der Waals surface area contributed by atoms with Gasteiger partial charge in [0.2, 0.25) is 0 Å². The lowest BCUT2D eigenvalue weighted by molar-refractivity contribution is 0.678. The molecule has 2 heterocycles. The van der Waals surface area contributed by atoms with Gasteiger partial charge in [0.25, 0.3) is 0 Å². The van der Waals surface area contributed by atoms with E-state index in [1.54, 1.807) is 16.4 Å². The van der Waals surface area contributed by atoms with E-state index in [1.165, 1.54) is 0 Å². The molecule has 1 atom stereocenters. The minimum Gasteiger partial charge on any atom is -0.246 e. The van der Waals surface area contributed by atoms with Crippen molar-refractivity contribution >= 4 is 33.6 Å². The number of rotatable bonds is 2. The van der Waals surface area contributed by atoms with E-state index in [1.807, 2.05) is 71.0 Å². The van der Waals surface area contributed by atoms with Crippen molar-refractivity contribution in [3.63, 3.8) is 0 Å². The van der Waals surface area contributed by atoms with Crippen LogP contribution < -0.4 is 0 Å². The lowest BCUT2D eigenvalue weighted by Crippen LogP contribution is -2.04. The van der Waals surface area contributed by atoms with E-state index in [9.17, 15) is 4.21 Å². The zero-order valence-electron chi connectivity index (χ0n) is 14.2. The Balaban J connectivity index is 0.000000615. The van der Waals surface area contributed by atoms with Gasteiger partial charge in [-0.15, -0.1) is 0 Å². The molecule has 0 aliphatic rings. The van der Waals surface area contributed by atoms with E-state index < -0.39 is 11.0 Å². The fraction of sp³-hybridized carbons (Fsp3) is 0.278. The molecular weight excluding hydrogens is 328 g/mol. The largest absolute Gasteiger partial charge is 0.246 e. The highest BCUT2D eigenvalue weighted by Gasteiger charge is 2.13. The van der Waals surface area contributed by atoms with Crippen molar-refractivity contribution in [2.24, 2.45) is 0 Å². The van der Waals surface area contributed by atoms with Crippen molar-refractivity contribution in [1.29, 1.82) is 0 Å². The molecule has 0 saturated carbocycles. The second kappa shape index (κ2) is 9.48. The highest BCUT2D eigenvalue weighted by Crippen LogP contribution is 2.27. The number of fused-ring (bicyclic) bond motifs is 1. The highest BCUT2D eigenvalue weighted by molar-refractivity contribution is 7.83. The fourth-order valence-electron chi connectivity index (χ4n) is 1.92. The molecule has 124 valence electrons. The number of aryl methyl sites for hydroxylation is 1. The van der Waals surface area contributed by atoms with E-state index in [2.05, 4.69) is 4.98 Å². The van der Waals surface area contributed by atoms with Gasteiger partial charge in [-0.3, -0.25) is 0 Å². The summed E-state index contributed by atoms with van der Waals surface area (Å²) in [6.45, 7) is 9.90. The monoisotopic (exact) mass is 350 g/mol. The molecule has 23 heavy (non-hydrogen) atoms. The van der Waals surface area contributed by atoms with E-state index in [0.717, 1.165) is 15.8 Å². The first-order chi connectivity index (χ1) is 11.2. The summed E-state index contributed by atoms with van der Waals surface area (Å²) in [5.74, 6) is 0. The quantitative estimate of drug-likeness (QED) is 0.601. The molecule has 0 aliphatic carbocycles. The smallest absolute Gasteiger partial charge is 0.158 e. The maximum absolute atomic E-state index is 12.5. The number of hydrogen-bond donors (Lipinski definition) is 0. The van der Waals surface area contributed by atoms with Crippen LogP contribution in [-0.2, 0) is 11.0 Å². The second-order valence-corrected chi connectivity index (χ2v) is 5.94. The third kappa shape index (κ3) is 4.21. The third-order valence-electron chi connectivity index (χ3n) is 2.91. The molecule has 3 nitrogen and oxygen atoms in total. The molecule has 1 unspecified atom stereocenters. The summed E-state index contributed by atoms with van der Waals surface area (Å²) in [5.41, 5.74) is 1.55. The van der Waals surface area contributed by atoms with Gasteiger partial charge in [-0.2, -0.15) is 0 Å². The molecule has 0 aliphatic heterocycles. The lowest BCUT2D eigenvalue weighted by atomic mass is 10.2. The molecule has 2 aromatic heterocycles. The molecule has 0 spiro atoms. The summed E-state index contributed by atoms with van der Waals surface area (Å²) >= 11 is 6.24. The lowest BCUT2D eigenvalue weighted by Gasteiger charge is -2.05. The Hall–Kier alpha value is -1.65. The van der Waals surface area contributed by atoms with Crippen molar-refractivity contribution in [3.8, 4) is 0 Å². The first-order valence-electron chi connectivity index (χ1n) is 7.78. The number of halogens is 1. The molecule has 5 heteroatoms. The van der Waals surface area contributed by atoms with Crippen molar-refractivity contribution in [2.75, 3.05) is 0 Å². The van der Waals surface area contributed by atoms with E-state index in [4.69, 9.17) is 11.6 Å². The molecule has 0 radical (unpaired) electrons. The molecule has 1 aromatic carbocycles. The van der Waals surface area contributed by atoms with Crippen LogP contribution in [0.5, 0.6) is 0 Å². The van der Waals surface area contributed by atoms with Gasteiger partial charge in [0, 0.05) is 17.8 Å². The van der Waals surface area contributed by atoms with Crippen LogP contribution in [0.25, 0.3) is 11.0 Å². The summed E-state index contributed by atoms with van der Waals surface area (Å²) < 4.78 is 14.1. The van der Waals surface area contributed by atoms with Gasteiger partial charge in [-0.25, -0.2) is 13.2 Å². The van der Waals surface area contributed by atoms with Crippen molar-refractivity contribution < 1.29 is 4.21 Å². The molecular formula is C18H23ClN2OS. The summed E-state index contributed by atoms with van der Waals surface area (Å²) in [4.78, 5) is 5.07. The maximum atomic E-state index is 12.5. The highest BCUT2D eigenvalue weighted by atomic mass is 35.5. The molecule has 0 amide bonds. The molecule has 3 rings (SSSR count). The fourth-order valence-corrected chi connectivity index (χ4v) is 3.20. The Bertz CT molecular complexity index is 769. The van der Waals surface area contributed by atoms with Gasteiger partial charge in [0.05, 0.1) is 9.92 Å². The molecule has 0 bridgehead atoms. The number of hydrogen-bond acceptors (Lipinski definition) is 2. The zero-order valence-corrected chi connectivity index (χ0v) is 15.8. The Morgan fingerprint density at radius 1 is 1.04 bits per heavy atom. The number of aromatic nitrogens is 2. The van der Waals surface area contributed by atoms with Crippen molar-refractivity contribution in [3.05, 3.63) is 59.4 Å². The Morgan fingerprint density at radius 3 is 2.26 bits per heavy atom. The van der Waals surface area contributed by atoms with Crippen LogP contribution in [0.1, 0.15) is 33.3 Å². The molecule has 0 fully saturated rings.